The fourth-order valence-electron chi connectivity index (χ4n) is 2.68. The van der Waals surface area contributed by atoms with Crippen LogP contribution in [0.25, 0.3) is 0 Å². The number of carbonyl (C=O) groups excluding carboxylic acids is 2. The molecule has 0 aliphatic carbocycles. The van der Waals surface area contributed by atoms with Crippen molar-refractivity contribution in [2.75, 3.05) is 13.1 Å². The molecule has 23 heavy (non-hydrogen) atoms. The number of halogens is 2. The van der Waals surface area contributed by atoms with Gasteiger partial charge in [0.1, 0.15) is 11.9 Å². The molecule has 0 bridgehead atoms. The first-order valence-corrected chi connectivity index (χ1v) is 7.54. The van der Waals surface area contributed by atoms with Gasteiger partial charge in [-0.1, -0.05) is 35.9 Å². The zero-order chi connectivity index (χ0) is 16.4. The highest BCUT2D eigenvalue weighted by molar-refractivity contribution is 6.31. The number of carbonyl (C=O) groups is 2. The van der Waals surface area contributed by atoms with Crippen molar-refractivity contribution in [3.8, 4) is 0 Å². The summed E-state index contributed by atoms with van der Waals surface area (Å²) in [5.74, 6) is -1.26. The number of hydrogen-bond donors (Lipinski definition) is 1. The second-order valence-corrected chi connectivity index (χ2v) is 5.66. The number of rotatable bonds is 2. The molecule has 2 aromatic carbocycles. The van der Waals surface area contributed by atoms with Crippen LogP contribution >= 0.6 is 11.6 Å². The van der Waals surface area contributed by atoms with Crippen LogP contribution in [0.5, 0.6) is 0 Å². The summed E-state index contributed by atoms with van der Waals surface area (Å²) in [5, 5.41) is 3.11. The van der Waals surface area contributed by atoms with Gasteiger partial charge in [-0.15, -0.1) is 0 Å². The predicted molar refractivity (Wildman–Crippen MR) is 84.6 cm³/mol. The van der Waals surface area contributed by atoms with Gasteiger partial charge in [-0.3, -0.25) is 9.59 Å². The normalized spacial score (nSPS) is 17.7. The van der Waals surface area contributed by atoms with Gasteiger partial charge in [-0.25, -0.2) is 4.39 Å². The molecule has 0 radical (unpaired) electrons. The molecule has 1 aliphatic rings. The van der Waals surface area contributed by atoms with E-state index in [-0.39, 0.29) is 11.5 Å². The monoisotopic (exact) mass is 332 g/mol. The fourth-order valence-corrected chi connectivity index (χ4v) is 2.87. The van der Waals surface area contributed by atoms with Crippen LogP contribution < -0.4 is 5.32 Å². The molecule has 1 aliphatic heterocycles. The number of hydrogen-bond acceptors (Lipinski definition) is 2. The minimum Gasteiger partial charge on any atom is -0.352 e. The Bertz CT molecular complexity index is 766. The van der Waals surface area contributed by atoms with Gasteiger partial charge in [-0.2, -0.15) is 0 Å². The molecule has 6 heteroatoms. The van der Waals surface area contributed by atoms with Crippen molar-refractivity contribution in [3.05, 3.63) is 70.5 Å². The molecule has 1 unspecified atom stereocenters. The van der Waals surface area contributed by atoms with E-state index < -0.39 is 17.8 Å². The van der Waals surface area contributed by atoms with Crippen molar-refractivity contribution < 1.29 is 14.0 Å². The molecule has 2 amide bonds. The Balaban J connectivity index is 2.00. The van der Waals surface area contributed by atoms with Crippen molar-refractivity contribution in [2.45, 2.75) is 6.04 Å². The lowest BCUT2D eigenvalue weighted by molar-refractivity contribution is -0.128. The highest BCUT2D eigenvalue weighted by atomic mass is 35.5. The second-order valence-electron chi connectivity index (χ2n) is 5.22. The van der Waals surface area contributed by atoms with Gasteiger partial charge in [0, 0.05) is 29.2 Å². The zero-order valence-corrected chi connectivity index (χ0v) is 12.9. The van der Waals surface area contributed by atoms with Gasteiger partial charge in [0.2, 0.25) is 5.91 Å². The largest absolute Gasteiger partial charge is 0.352 e. The summed E-state index contributed by atoms with van der Waals surface area (Å²) in [6, 6.07) is 11.5. The molecule has 4 nitrogen and oxygen atoms in total. The third kappa shape index (κ3) is 3.05. The maximum atomic E-state index is 14.1. The van der Waals surface area contributed by atoms with Crippen LogP contribution in [0.2, 0.25) is 5.02 Å². The Morgan fingerprint density at radius 2 is 2.00 bits per heavy atom. The topological polar surface area (TPSA) is 49.4 Å². The molecule has 2 aromatic rings. The molecule has 3 rings (SSSR count). The van der Waals surface area contributed by atoms with Crippen molar-refractivity contribution in [2.24, 2.45) is 0 Å². The summed E-state index contributed by atoms with van der Waals surface area (Å²) >= 11 is 5.93. The molecule has 0 aromatic heterocycles. The molecular formula is C17H14ClFN2O2. The minimum absolute atomic E-state index is 0.181. The summed E-state index contributed by atoms with van der Waals surface area (Å²) in [7, 11) is 0. The van der Waals surface area contributed by atoms with Gasteiger partial charge in [0.25, 0.3) is 5.91 Å². The lowest BCUT2D eigenvalue weighted by atomic mass is 10.0. The van der Waals surface area contributed by atoms with E-state index in [0.29, 0.717) is 23.7 Å². The van der Waals surface area contributed by atoms with Crippen LogP contribution in [0.4, 0.5) is 4.39 Å². The summed E-state index contributed by atoms with van der Waals surface area (Å²) in [6.07, 6.45) is 0. The van der Waals surface area contributed by atoms with E-state index in [4.69, 9.17) is 11.6 Å². The van der Waals surface area contributed by atoms with Gasteiger partial charge < -0.3 is 10.2 Å². The number of benzene rings is 2. The summed E-state index contributed by atoms with van der Waals surface area (Å²) in [5.41, 5.74) is 0.550. The summed E-state index contributed by atoms with van der Waals surface area (Å²) < 4.78 is 14.1. The van der Waals surface area contributed by atoms with E-state index in [1.807, 2.05) is 0 Å². The standard InChI is InChI=1S/C17H14ClFN2O2/c18-12-5-3-4-11(10-12)17(23)21-9-8-20-16(22)15(21)13-6-1-2-7-14(13)19/h1-7,10,15H,8-9H2,(H,20,22). The molecule has 1 saturated heterocycles. The SMILES string of the molecule is O=C1NCCN(C(=O)c2cccc(Cl)c2)C1c1ccccc1F. The summed E-state index contributed by atoms with van der Waals surface area (Å²) in [4.78, 5) is 26.4. The van der Waals surface area contributed by atoms with E-state index in [9.17, 15) is 14.0 Å². The van der Waals surface area contributed by atoms with E-state index in [1.165, 1.54) is 23.1 Å². The first-order chi connectivity index (χ1) is 11.1. The maximum Gasteiger partial charge on any atom is 0.254 e. The molecule has 1 heterocycles. The van der Waals surface area contributed by atoms with E-state index in [1.54, 1.807) is 30.3 Å². The van der Waals surface area contributed by atoms with Gasteiger partial charge in [0.15, 0.2) is 0 Å². The number of amides is 2. The highest BCUT2D eigenvalue weighted by Gasteiger charge is 2.36. The molecule has 1 fully saturated rings. The van der Waals surface area contributed by atoms with Crippen molar-refractivity contribution in [3.63, 3.8) is 0 Å². The predicted octanol–water partition coefficient (Wildman–Crippen LogP) is 2.79. The Labute approximate surface area is 137 Å². The first-order valence-electron chi connectivity index (χ1n) is 7.16. The lowest BCUT2D eigenvalue weighted by Gasteiger charge is -2.35. The quantitative estimate of drug-likeness (QED) is 0.919. The van der Waals surface area contributed by atoms with Gasteiger partial charge in [0.05, 0.1) is 0 Å². The minimum atomic E-state index is -0.989. The lowest BCUT2D eigenvalue weighted by Crippen LogP contribution is -2.52. The van der Waals surface area contributed by atoms with Gasteiger partial charge >= 0.3 is 0 Å². The third-order valence-electron chi connectivity index (χ3n) is 3.74. The van der Waals surface area contributed by atoms with Crippen LogP contribution in [0.3, 0.4) is 0 Å². The Morgan fingerprint density at radius 3 is 2.74 bits per heavy atom. The van der Waals surface area contributed by atoms with E-state index >= 15 is 0 Å². The zero-order valence-electron chi connectivity index (χ0n) is 12.1. The second kappa shape index (κ2) is 6.38. The van der Waals surface area contributed by atoms with Crippen LogP contribution in [0.1, 0.15) is 22.0 Å². The summed E-state index contributed by atoms with van der Waals surface area (Å²) in [6.45, 7) is 0.631. The highest BCUT2D eigenvalue weighted by Crippen LogP contribution is 2.27. The Hall–Kier alpha value is -2.40. The maximum absolute atomic E-state index is 14.1. The average molecular weight is 333 g/mol. The fraction of sp³-hybridized carbons (Fsp3) is 0.176. The van der Waals surface area contributed by atoms with Crippen LogP contribution in [0, 0.1) is 5.82 Å². The Kier molecular flexibility index (Phi) is 4.30. The molecule has 118 valence electrons. The van der Waals surface area contributed by atoms with Crippen LogP contribution in [-0.2, 0) is 4.79 Å². The number of nitrogens with zero attached hydrogens (tertiary/aromatic N) is 1. The third-order valence-corrected chi connectivity index (χ3v) is 3.98. The molecule has 0 spiro atoms. The van der Waals surface area contributed by atoms with Gasteiger partial charge in [-0.05, 0) is 24.3 Å². The van der Waals surface area contributed by atoms with Crippen molar-refractivity contribution >= 4 is 23.4 Å². The van der Waals surface area contributed by atoms with Crippen LogP contribution in [0.15, 0.2) is 48.5 Å². The molecule has 1 N–H and O–H groups in total. The van der Waals surface area contributed by atoms with E-state index in [2.05, 4.69) is 5.32 Å². The van der Waals surface area contributed by atoms with Crippen LogP contribution in [-0.4, -0.2) is 29.8 Å². The van der Waals surface area contributed by atoms with Crippen molar-refractivity contribution in [1.29, 1.82) is 0 Å². The first kappa shape index (κ1) is 15.5. The Morgan fingerprint density at radius 1 is 1.22 bits per heavy atom. The molecular weight excluding hydrogens is 319 g/mol. The van der Waals surface area contributed by atoms with E-state index in [0.717, 1.165) is 0 Å². The van der Waals surface area contributed by atoms with Crippen molar-refractivity contribution in [1.82, 2.24) is 10.2 Å². The number of piperazine rings is 1. The molecule has 1 atom stereocenters. The molecule has 0 saturated carbocycles. The average Bonchev–Trinajstić information content (AvgIpc) is 2.55. The smallest absolute Gasteiger partial charge is 0.254 e. The number of nitrogens with one attached hydrogen (secondary N) is 1.